The lowest BCUT2D eigenvalue weighted by Gasteiger charge is -2.20. The number of carbonyl (C=O) groups excluding carboxylic acids is 1. The number of hydrogen-bond acceptors (Lipinski definition) is 2. The summed E-state index contributed by atoms with van der Waals surface area (Å²) in [6.45, 7) is 1.64. The van der Waals surface area contributed by atoms with Crippen LogP contribution in [0.25, 0.3) is 0 Å². The fourth-order valence-corrected chi connectivity index (χ4v) is 1.50. The minimum Gasteiger partial charge on any atom is -0.326 e. The van der Waals surface area contributed by atoms with Crippen LogP contribution in [0.4, 0.5) is 0 Å². The van der Waals surface area contributed by atoms with Crippen LogP contribution in [0.15, 0.2) is 18.2 Å². The summed E-state index contributed by atoms with van der Waals surface area (Å²) in [4.78, 5) is 13.3. The van der Waals surface area contributed by atoms with E-state index in [2.05, 4.69) is 0 Å². The summed E-state index contributed by atoms with van der Waals surface area (Å²) in [7, 11) is 1.55. The molecule has 0 N–H and O–H groups in total. The van der Waals surface area contributed by atoms with Gasteiger partial charge in [-0.3, -0.25) is 4.79 Å². The van der Waals surface area contributed by atoms with E-state index in [1.165, 1.54) is 4.90 Å². The molecule has 0 fully saturated rings. The monoisotopic (exact) mass is 256 g/mol. The summed E-state index contributed by atoms with van der Waals surface area (Å²) >= 11 is 11.7. The third-order valence-corrected chi connectivity index (χ3v) is 3.09. The largest absolute Gasteiger partial charge is 0.326 e. The normalized spacial score (nSPS) is 11.7. The number of nitriles is 1. The molecule has 0 saturated heterocycles. The van der Waals surface area contributed by atoms with Crippen molar-refractivity contribution in [3.63, 3.8) is 0 Å². The maximum absolute atomic E-state index is 11.9. The first-order chi connectivity index (χ1) is 7.49. The van der Waals surface area contributed by atoms with Crippen LogP contribution in [0, 0.1) is 11.3 Å². The molecular formula is C11H10Cl2N2O. The molecule has 0 aromatic heterocycles. The van der Waals surface area contributed by atoms with E-state index in [9.17, 15) is 4.79 Å². The van der Waals surface area contributed by atoms with Crippen molar-refractivity contribution in [3.8, 4) is 6.07 Å². The van der Waals surface area contributed by atoms with E-state index in [0.29, 0.717) is 10.6 Å². The predicted molar refractivity (Wildman–Crippen MR) is 63.6 cm³/mol. The van der Waals surface area contributed by atoms with E-state index in [4.69, 9.17) is 28.5 Å². The van der Waals surface area contributed by atoms with Crippen LogP contribution in [0.3, 0.4) is 0 Å². The van der Waals surface area contributed by atoms with Crippen molar-refractivity contribution < 1.29 is 4.79 Å². The van der Waals surface area contributed by atoms with Gasteiger partial charge in [0.15, 0.2) is 0 Å². The molecule has 1 amide bonds. The first kappa shape index (κ1) is 12.8. The third kappa shape index (κ3) is 2.46. The zero-order valence-electron chi connectivity index (χ0n) is 8.87. The van der Waals surface area contributed by atoms with Crippen LogP contribution >= 0.6 is 23.2 Å². The molecular weight excluding hydrogens is 247 g/mol. The highest BCUT2D eigenvalue weighted by atomic mass is 35.5. The smallest absolute Gasteiger partial charge is 0.256 e. The molecule has 0 aliphatic rings. The van der Waals surface area contributed by atoms with Gasteiger partial charge in [-0.25, -0.2) is 0 Å². The SMILES string of the molecule is CC(C#N)N(C)C(=O)c1cccc(Cl)c1Cl. The summed E-state index contributed by atoms with van der Waals surface area (Å²) in [6.07, 6.45) is 0. The number of amides is 1. The van der Waals surface area contributed by atoms with Crippen molar-refractivity contribution in [2.24, 2.45) is 0 Å². The van der Waals surface area contributed by atoms with Gasteiger partial charge in [0.1, 0.15) is 6.04 Å². The molecule has 0 aliphatic carbocycles. The highest BCUT2D eigenvalue weighted by Crippen LogP contribution is 2.26. The van der Waals surface area contributed by atoms with Crippen molar-refractivity contribution in [2.75, 3.05) is 7.05 Å². The van der Waals surface area contributed by atoms with Gasteiger partial charge in [-0.2, -0.15) is 5.26 Å². The fourth-order valence-electron chi connectivity index (χ4n) is 1.12. The molecule has 1 rings (SSSR count). The second-order valence-corrected chi connectivity index (χ2v) is 4.11. The summed E-state index contributed by atoms with van der Waals surface area (Å²) in [5.74, 6) is -0.318. The molecule has 1 aromatic carbocycles. The Hall–Kier alpha value is -1.24. The molecule has 16 heavy (non-hydrogen) atoms. The van der Waals surface area contributed by atoms with Crippen molar-refractivity contribution in [2.45, 2.75) is 13.0 Å². The van der Waals surface area contributed by atoms with Gasteiger partial charge in [-0.05, 0) is 19.1 Å². The molecule has 0 spiro atoms. The molecule has 1 unspecified atom stereocenters. The molecule has 0 aliphatic heterocycles. The fraction of sp³-hybridized carbons (Fsp3) is 0.273. The molecule has 0 bridgehead atoms. The summed E-state index contributed by atoms with van der Waals surface area (Å²) in [5.41, 5.74) is 0.304. The maximum Gasteiger partial charge on any atom is 0.256 e. The topological polar surface area (TPSA) is 44.1 Å². The number of halogens is 2. The van der Waals surface area contributed by atoms with Gasteiger partial charge in [0.05, 0.1) is 21.7 Å². The van der Waals surface area contributed by atoms with E-state index in [-0.39, 0.29) is 10.9 Å². The van der Waals surface area contributed by atoms with Crippen LogP contribution in [0.2, 0.25) is 10.0 Å². The second-order valence-electron chi connectivity index (χ2n) is 3.32. The quantitative estimate of drug-likeness (QED) is 0.817. The Labute approximate surface area is 104 Å². The van der Waals surface area contributed by atoms with E-state index in [0.717, 1.165) is 0 Å². The van der Waals surface area contributed by atoms with Crippen LogP contribution < -0.4 is 0 Å². The Morgan fingerprint density at radius 1 is 1.50 bits per heavy atom. The summed E-state index contributed by atoms with van der Waals surface area (Å²) in [6, 6.07) is 6.30. The summed E-state index contributed by atoms with van der Waals surface area (Å²) < 4.78 is 0. The average Bonchev–Trinajstić information content (AvgIpc) is 2.29. The highest BCUT2D eigenvalue weighted by Gasteiger charge is 2.20. The van der Waals surface area contributed by atoms with Gasteiger partial charge in [-0.1, -0.05) is 29.3 Å². The predicted octanol–water partition coefficient (Wildman–Crippen LogP) is 2.98. The molecule has 1 aromatic rings. The first-order valence-electron chi connectivity index (χ1n) is 4.59. The second kappa shape index (κ2) is 5.20. The lowest BCUT2D eigenvalue weighted by Crippen LogP contribution is -2.34. The zero-order chi connectivity index (χ0) is 12.3. The van der Waals surface area contributed by atoms with E-state index < -0.39 is 6.04 Å². The number of benzene rings is 1. The van der Waals surface area contributed by atoms with Crippen molar-refractivity contribution in [3.05, 3.63) is 33.8 Å². The lowest BCUT2D eigenvalue weighted by atomic mass is 10.2. The molecule has 3 nitrogen and oxygen atoms in total. The maximum atomic E-state index is 11.9. The minimum atomic E-state index is -0.512. The number of rotatable bonds is 2. The third-order valence-electron chi connectivity index (χ3n) is 2.27. The Bertz CT molecular complexity index is 454. The van der Waals surface area contributed by atoms with Crippen molar-refractivity contribution >= 4 is 29.1 Å². The van der Waals surface area contributed by atoms with Crippen molar-refractivity contribution in [1.82, 2.24) is 4.90 Å². The lowest BCUT2D eigenvalue weighted by molar-refractivity contribution is 0.0773. The molecule has 5 heteroatoms. The average molecular weight is 257 g/mol. The number of hydrogen-bond donors (Lipinski definition) is 0. The van der Waals surface area contributed by atoms with E-state index in [1.54, 1.807) is 32.2 Å². The van der Waals surface area contributed by atoms with E-state index in [1.807, 2.05) is 6.07 Å². The molecule has 0 heterocycles. The standard InChI is InChI=1S/C11H10Cl2N2O/c1-7(6-14)15(2)11(16)8-4-3-5-9(12)10(8)13/h3-5,7H,1-2H3. The van der Waals surface area contributed by atoms with Crippen LogP contribution in [0.1, 0.15) is 17.3 Å². The zero-order valence-corrected chi connectivity index (χ0v) is 10.4. The van der Waals surface area contributed by atoms with Crippen molar-refractivity contribution in [1.29, 1.82) is 5.26 Å². The molecule has 0 radical (unpaired) electrons. The Balaban J connectivity index is 3.07. The van der Waals surface area contributed by atoms with Gasteiger partial charge < -0.3 is 4.90 Å². The van der Waals surface area contributed by atoms with Gasteiger partial charge in [0.2, 0.25) is 0 Å². The number of nitrogens with zero attached hydrogens (tertiary/aromatic N) is 2. The Kier molecular flexibility index (Phi) is 4.17. The van der Waals surface area contributed by atoms with Crippen LogP contribution in [0.5, 0.6) is 0 Å². The van der Waals surface area contributed by atoms with Crippen LogP contribution in [-0.4, -0.2) is 23.9 Å². The first-order valence-corrected chi connectivity index (χ1v) is 5.35. The highest BCUT2D eigenvalue weighted by molar-refractivity contribution is 6.43. The number of carbonyl (C=O) groups is 1. The van der Waals surface area contributed by atoms with Gasteiger partial charge >= 0.3 is 0 Å². The van der Waals surface area contributed by atoms with Gasteiger partial charge in [0.25, 0.3) is 5.91 Å². The Morgan fingerprint density at radius 3 is 2.69 bits per heavy atom. The molecule has 1 atom stereocenters. The van der Waals surface area contributed by atoms with Gasteiger partial charge in [-0.15, -0.1) is 0 Å². The molecule has 0 saturated carbocycles. The Morgan fingerprint density at radius 2 is 2.12 bits per heavy atom. The van der Waals surface area contributed by atoms with E-state index >= 15 is 0 Å². The van der Waals surface area contributed by atoms with Gasteiger partial charge in [0, 0.05) is 7.05 Å². The minimum absolute atomic E-state index is 0.214. The molecule has 84 valence electrons. The van der Waals surface area contributed by atoms with Crippen LogP contribution in [-0.2, 0) is 0 Å². The summed E-state index contributed by atoms with van der Waals surface area (Å²) in [5, 5.41) is 9.26.